The van der Waals surface area contributed by atoms with Gasteiger partial charge in [0.1, 0.15) is 11.6 Å². The zero-order valence-corrected chi connectivity index (χ0v) is 14.9. The highest BCUT2D eigenvalue weighted by Crippen LogP contribution is 2.26. The predicted octanol–water partition coefficient (Wildman–Crippen LogP) is 1.34. The number of rotatable bonds is 2. The summed E-state index contributed by atoms with van der Waals surface area (Å²) in [6, 6.07) is 8.80. The van der Waals surface area contributed by atoms with Gasteiger partial charge in [-0.05, 0) is 29.8 Å². The van der Waals surface area contributed by atoms with E-state index in [9.17, 15) is 9.59 Å². The number of fused-ring (bicyclic) bond motifs is 2. The smallest absolute Gasteiger partial charge is 0.266 e. The van der Waals surface area contributed by atoms with Crippen molar-refractivity contribution in [1.82, 2.24) is 19.7 Å². The van der Waals surface area contributed by atoms with Gasteiger partial charge in [-0.3, -0.25) is 9.59 Å². The van der Waals surface area contributed by atoms with Crippen LogP contribution >= 0.6 is 0 Å². The normalized spacial score (nSPS) is 13.3. The predicted molar refractivity (Wildman–Crippen MR) is 97.5 cm³/mol. The van der Waals surface area contributed by atoms with E-state index in [-0.39, 0.29) is 17.0 Å². The number of ether oxygens (including phenoxy) is 1. The van der Waals surface area contributed by atoms with Crippen LogP contribution in [0.3, 0.4) is 0 Å². The van der Waals surface area contributed by atoms with Gasteiger partial charge in [-0.2, -0.15) is 10.4 Å². The number of aromatic nitrogens is 3. The molecule has 0 saturated heterocycles. The van der Waals surface area contributed by atoms with E-state index in [1.807, 2.05) is 12.1 Å². The second-order valence-corrected chi connectivity index (χ2v) is 6.47. The van der Waals surface area contributed by atoms with E-state index in [1.54, 1.807) is 41.9 Å². The van der Waals surface area contributed by atoms with Crippen LogP contribution in [0.5, 0.6) is 5.88 Å². The molecule has 2 aromatic heterocycles. The molecule has 0 fully saturated rings. The van der Waals surface area contributed by atoms with Gasteiger partial charge in [0.05, 0.1) is 18.0 Å². The second-order valence-electron chi connectivity index (χ2n) is 6.47. The molecule has 0 bridgehead atoms. The molecule has 3 heterocycles. The average molecular weight is 363 g/mol. The third kappa shape index (κ3) is 2.73. The minimum Gasteiger partial charge on any atom is -0.481 e. The molecular weight excluding hydrogens is 346 g/mol. The highest BCUT2D eigenvalue weighted by molar-refractivity contribution is 5.98. The number of benzene rings is 1. The summed E-state index contributed by atoms with van der Waals surface area (Å²) in [7, 11) is 3.37. The molecule has 4 rings (SSSR count). The number of aryl methyl sites for hydroxylation is 1. The van der Waals surface area contributed by atoms with Gasteiger partial charge in [-0.25, -0.2) is 4.68 Å². The number of amides is 1. The highest BCUT2D eigenvalue weighted by atomic mass is 16.5. The quantitative estimate of drug-likeness (QED) is 0.740. The maximum Gasteiger partial charge on any atom is 0.266 e. The van der Waals surface area contributed by atoms with Gasteiger partial charge >= 0.3 is 0 Å². The maximum absolute atomic E-state index is 13.0. The Morgan fingerprint density at radius 3 is 2.93 bits per heavy atom. The van der Waals surface area contributed by atoms with Crippen molar-refractivity contribution in [2.75, 3.05) is 13.7 Å². The molecule has 1 aromatic carbocycles. The first-order valence-corrected chi connectivity index (χ1v) is 8.47. The first-order chi connectivity index (χ1) is 13.0. The Hall–Kier alpha value is -3.60. The van der Waals surface area contributed by atoms with Crippen molar-refractivity contribution >= 4 is 16.8 Å². The Kier molecular flexibility index (Phi) is 3.92. The Morgan fingerprint density at radius 1 is 1.37 bits per heavy atom. The molecule has 1 amide bonds. The van der Waals surface area contributed by atoms with Crippen LogP contribution in [-0.2, 0) is 20.0 Å². The van der Waals surface area contributed by atoms with Crippen LogP contribution in [0.2, 0.25) is 0 Å². The van der Waals surface area contributed by atoms with E-state index in [2.05, 4.69) is 10.1 Å². The van der Waals surface area contributed by atoms with E-state index < -0.39 is 0 Å². The Balaban J connectivity index is 1.65. The summed E-state index contributed by atoms with van der Waals surface area (Å²) in [6.07, 6.45) is 0.543. The Bertz CT molecular complexity index is 1170. The minimum atomic E-state index is -0.384. The number of hydrogen-bond acceptors (Lipinski definition) is 5. The van der Waals surface area contributed by atoms with Crippen molar-refractivity contribution in [3.63, 3.8) is 0 Å². The number of nitriles is 1. The number of nitrogens with one attached hydrogen (secondary N) is 1. The number of carbonyl (C=O) groups is 1. The summed E-state index contributed by atoms with van der Waals surface area (Å²) in [4.78, 5) is 29.2. The number of hydrogen-bond donors (Lipinski definition) is 1. The van der Waals surface area contributed by atoms with Gasteiger partial charge < -0.3 is 14.6 Å². The zero-order chi connectivity index (χ0) is 19.1. The van der Waals surface area contributed by atoms with Gasteiger partial charge in [-0.1, -0.05) is 0 Å². The molecule has 1 aliphatic rings. The molecule has 1 N–H and O–H groups in total. The average Bonchev–Trinajstić information content (AvgIpc) is 3.00. The molecule has 8 nitrogen and oxygen atoms in total. The van der Waals surface area contributed by atoms with Crippen LogP contribution in [0.4, 0.5) is 0 Å². The van der Waals surface area contributed by atoms with Gasteiger partial charge in [0.2, 0.25) is 5.88 Å². The van der Waals surface area contributed by atoms with Gasteiger partial charge in [-0.15, -0.1) is 0 Å². The number of aromatic amines is 1. The van der Waals surface area contributed by atoms with Gasteiger partial charge in [0, 0.05) is 37.8 Å². The van der Waals surface area contributed by atoms with E-state index in [4.69, 9.17) is 10.00 Å². The fraction of sp³-hybridized carbons (Fsp3) is 0.263. The maximum atomic E-state index is 13.0. The summed E-state index contributed by atoms with van der Waals surface area (Å²) in [6.45, 7) is 0.848. The highest BCUT2D eigenvalue weighted by Gasteiger charge is 2.24. The van der Waals surface area contributed by atoms with Crippen LogP contribution in [0.15, 0.2) is 29.1 Å². The summed E-state index contributed by atoms with van der Waals surface area (Å²) >= 11 is 0. The minimum absolute atomic E-state index is 0.0602. The van der Waals surface area contributed by atoms with Gasteiger partial charge in [0.15, 0.2) is 0 Å². The standard InChI is InChI=1S/C19H17N5O3/c1-23-19(27-2)14-4-3-11(8-16(14)22-23)18(26)24-6-5-15-13(10-24)7-12(9-20)17(25)21-15/h3-4,7-8H,5-6,10H2,1-2H3,(H,21,25). The molecule has 0 aliphatic carbocycles. The fourth-order valence-corrected chi connectivity index (χ4v) is 3.50. The van der Waals surface area contributed by atoms with Crippen molar-refractivity contribution < 1.29 is 9.53 Å². The zero-order valence-electron chi connectivity index (χ0n) is 14.9. The van der Waals surface area contributed by atoms with Gasteiger partial charge in [0.25, 0.3) is 11.5 Å². The van der Waals surface area contributed by atoms with E-state index >= 15 is 0 Å². The lowest BCUT2D eigenvalue weighted by Crippen LogP contribution is -2.37. The van der Waals surface area contributed by atoms with Crippen molar-refractivity contribution in [2.24, 2.45) is 7.05 Å². The fourth-order valence-electron chi connectivity index (χ4n) is 3.50. The van der Waals surface area contributed by atoms with Crippen LogP contribution < -0.4 is 10.3 Å². The first-order valence-electron chi connectivity index (χ1n) is 8.47. The van der Waals surface area contributed by atoms with E-state index in [0.717, 1.165) is 16.6 Å². The van der Waals surface area contributed by atoms with Crippen molar-refractivity contribution in [2.45, 2.75) is 13.0 Å². The van der Waals surface area contributed by atoms with Crippen LogP contribution in [-0.4, -0.2) is 39.2 Å². The number of methoxy groups -OCH3 is 1. The summed E-state index contributed by atoms with van der Waals surface area (Å²) < 4.78 is 6.97. The lowest BCUT2D eigenvalue weighted by Gasteiger charge is -2.28. The third-order valence-corrected chi connectivity index (χ3v) is 4.84. The number of pyridine rings is 1. The van der Waals surface area contributed by atoms with Crippen LogP contribution in [0.25, 0.3) is 10.9 Å². The van der Waals surface area contributed by atoms with Crippen LogP contribution in [0, 0.1) is 11.3 Å². The molecule has 3 aromatic rings. The molecule has 0 saturated carbocycles. The monoisotopic (exact) mass is 363 g/mol. The summed E-state index contributed by atoms with van der Waals surface area (Å²) in [5.74, 6) is 0.528. The molecular formula is C19H17N5O3. The lowest BCUT2D eigenvalue weighted by atomic mass is 10.0. The lowest BCUT2D eigenvalue weighted by molar-refractivity contribution is 0.0733. The second kappa shape index (κ2) is 6.29. The molecule has 0 radical (unpaired) electrons. The molecule has 0 spiro atoms. The van der Waals surface area contributed by atoms with E-state index in [0.29, 0.717) is 36.5 Å². The largest absolute Gasteiger partial charge is 0.481 e. The molecule has 0 unspecified atom stereocenters. The molecule has 27 heavy (non-hydrogen) atoms. The molecule has 0 atom stereocenters. The van der Waals surface area contributed by atoms with Crippen LogP contribution in [0.1, 0.15) is 27.2 Å². The van der Waals surface area contributed by atoms with E-state index in [1.165, 1.54) is 0 Å². The van der Waals surface area contributed by atoms with Crippen molar-refractivity contribution in [3.05, 3.63) is 57.0 Å². The summed E-state index contributed by atoms with van der Waals surface area (Å²) in [5, 5.41) is 14.3. The molecule has 1 aliphatic heterocycles. The Morgan fingerprint density at radius 2 is 2.19 bits per heavy atom. The number of nitrogens with zero attached hydrogens (tertiary/aromatic N) is 4. The number of carbonyl (C=O) groups excluding carboxylic acids is 1. The van der Waals surface area contributed by atoms with Crippen molar-refractivity contribution in [1.29, 1.82) is 5.26 Å². The Labute approximate surface area is 154 Å². The topological polar surface area (TPSA) is 104 Å². The molecule has 8 heteroatoms. The molecule has 136 valence electrons. The summed E-state index contributed by atoms with van der Waals surface area (Å²) in [5.41, 5.74) is 2.49. The SMILES string of the molecule is COc1c2ccc(C(=O)N3CCc4[nH]c(=O)c(C#N)cc4C3)cc2nn1C. The van der Waals surface area contributed by atoms with Crippen molar-refractivity contribution in [3.8, 4) is 11.9 Å². The number of H-pyrrole nitrogens is 1. The third-order valence-electron chi connectivity index (χ3n) is 4.84. The first kappa shape index (κ1) is 16.8.